The third kappa shape index (κ3) is 4.70. The molecule has 2 saturated heterocycles. The van der Waals surface area contributed by atoms with Gasteiger partial charge in [-0.05, 0) is 50.2 Å². The van der Waals surface area contributed by atoms with Gasteiger partial charge in [-0.15, -0.1) is 0 Å². The minimum absolute atomic E-state index is 0.232. The molecule has 4 rings (SSSR count). The van der Waals surface area contributed by atoms with Crippen molar-refractivity contribution in [1.82, 2.24) is 14.8 Å². The quantitative estimate of drug-likeness (QED) is 0.766. The summed E-state index contributed by atoms with van der Waals surface area (Å²) in [7, 11) is 0. The Labute approximate surface area is 163 Å². The van der Waals surface area contributed by atoms with Crippen LogP contribution in [0.2, 0.25) is 0 Å². The molecule has 2 aliphatic heterocycles. The molecule has 1 amide bonds. The molecule has 2 fully saturated rings. The van der Waals surface area contributed by atoms with Crippen LogP contribution in [0.4, 0.5) is 5.82 Å². The first-order valence-electron chi connectivity index (χ1n) is 10.6. The molecular weight excluding hydrogens is 336 g/mol. The van der Waals surface area contributed by atoms with Crippen LogP contribution in [0.5, 0.6) is 0 Å². The summed E-state index contributed by atoms with van der Waals surface area (Å²) in [6.07, 6.45) is 11.7. The van der Waals surface area contributed by atoms with Crippen LogP contribution in [0.1, 0.15) is 32.1 Å². The van der Waals surface area contributed by atoms with Crippen molar-refractivity contribution in [2.24, 2.45) is 11.8 Å². The van der Waals surface area contributed by atoms with Crippen molar-refractivity contribution < 1.29 is 4.79 Å². The first-order chi connectivity index (χ1) is 13.3. The molecule has 146 valence electrons. The largest absolute Gasteiger partial charge is 0.354 e. The molecule has 0 saturated carbocycles. The second kappa shape index (κ2) is 8.87. The lowest BCUT2D eigenvalue weighted by Gasteiger charge is -2.40. The van der Waals surface area contributed by atoms with Gasteiger partial charge < -0.3 is 9.80 Å². The molecule has 0 aromatic carbocycles. The second-order valence-corrected chi connectivity index (χ2v) is 8.25. The molecule has 0 radical (unpaired) electrons. The highest BCUT2D eigenvalue weighted by Crippen LogP contribution is 2.25. The number of nitrogens with zero attached hydrogens (tertiary/aromatic N) is 4. The predicted octanol–water partition coefficient (Wildman–Crippen LogP) is 2.80. The molecule has 5 heteroatoms. The van der Waals surface area contributed by atoms with E-state index in [1.165, 1.54) is 6.42 Å². The highest BCUT2D eigenvalue weighted by atomic mass is 16.2. The summed E-state index contributed by atoms with van der Waals surface area (Å²) in [5, 5.41) is 0. The zero-order valence-corrected chi connectivity index (χ0v) is 16.3. The number of hydrogen-bond donors (Lipinski definition) is 0. The summed E-state index contributed by atoms with van der Waals surface area (Å²) in [5.41, 5.74) is 0. The summed E-state index contributed by atoms with van der Waals surface area (Å²) in [6, 6.07) is 6.13. The van der Waals surface area contributed by atoms with Gasteiger partial charge in [0.2, 0.25) is 5.91 Å². The average molecular weight is 369 g/mol. The molecule has 2 atom stereocenters. The van der Waals surface area contributed by atoms with Crippen molar-refractivity contribution in [3.8, 4) is 0 Å². The summed E-state index contributed by atoms with van der Waals surface area (Å²) in [5.74, 6) is 2.36. The molecule has 0 bridgehead atoms. The first kappa shape index (κ1) is 18.5. The third-order valence-electron chi connectivity index (χ3n) is 6.31. The molecule has 0 N–H and O–H groups in total. The Hall–Kier alpha value is -1.88. The van der Waals surface area contributed by atoms with Crippen LogP contribution in [0.25, 0.3) is 0 Å². The maximum absolute atomic E-state index is 12.9. The lowest BCUT2D eigenvalue weighted by atomic mass is 9.90. The number of aromatic nitrogens is 1. The van der Waals surface area contributed by atoms with Crippen LogP contribution in [-0.4, -0.2) is 66.5 Å². The number of hydrogen-bond acceptors (Lipinski definition) is 4. The number of amides is 1. The average Bonchev–Trinajstić information content (AvgIpc) is 2.75. The topological polar surface area (TPSA) is 39.7 Å². The summed E-state index contributed by atoms with van der Waals surface area (Å²) >= 11 is 0. The zero-order chi connectivity index (χ0) is 18.5. The number of anilines is 1. The number of likely N-dealkylation sites (tertiary alicyclic amines) is 1. The zero-order valence-electron chi connectivity index (χ0n) is 16.3. The smallest absolute Gasteiger partial charge is 0.226 e. The molecule has 1 aromatic heterocycles. The van der Waals surface area contributed by atoms with Crippen LogP contribution in [0.3, 0.4) is 0 Å². The number of pyridine rings is 1. The Balaban J connectivity index is 1.25. The van der Waals surface area contributed by atoms with E-state index in [0.29, 0.717) is 11.8 Å². The van der Waals surface area contributed by atoms with Crippen LogP contribution >= 0.6 is 0 Å². The van der Waals surface area contributed by atoms with Gasteiger partial charge in [-0.2, -0.15) is 0 Å². The Bertz CT molecular complexity index is 639. The van der Waals surface area contributed by atoms with Gasteiger partial charge in [0.05, 0.1) is 0 Å². The maximum atomic E-state index is 12.9. The van der Waals surface area contributed by atoms with E-state index in [2.05, 4.69) is 44.0 Å². The van der Waals surface area contributed by atoms with Gasteiger partial charge in [-0.3, -0.25) is 9.69 Å². The first-order valence-corrected chi connectivity index (χ1v) is 10.6. The second-order valence-electron chi connectivity index (χ2n) is 8.25. The Morgan fingerprint density at radius 1 is 1.07 bits per heavy atom. The van der Waals surface area contributed by atoms with E-state index in [-0.39, 0.29) is 5.92 Å². The molecule has 0 unspecified atom stereocenters. The van der Waals surface area contributed by atoms with E-state index in [0.717, 1.165) is 77.3 Å². The normalized spacial score (nSPS) is 27.0. The van der Waals surface area contributed by atoms with Crippen molar-refractivity contribution in [2.75, 3.05) is 50.7 Å². The summed E-state index contributed by atoms with van der Waals surface area (Å²) < 4.78 is 0. The van der Waals surface area contributed by atoms with Gasteiger partial charge in [0.1, 0.15) is 5.82 Å². The molecule has 1 aliphatic carbocycles. The number of carbonyl (C=O) groups excluding carboxylic acids is 1. The third-order valence-corrected chi connectivity index (χ3v) is 6.31. The molecular formula is C22H32N4O. The highest BCUT2D eigenvalue weighted by molar-refractivity contribution is 5.79. The molecule has 0 spiro atoms. The SMILES string of the molecule is O=C([C@H]1CC=CCC1)N1CCC[C@H](CN2CCN(c3ccccn3)CC2)C1. The van der Waals surface area contributed by atoms with Crippen LogP contribution in [-0.2, 0) is 4.79 Å². The number of allylic oxidation sites excluding steroid dienone is 2. The van der Waals surface area contributed by atoms with E-state index in [9.17, 15) is 4.79 Å². The lowest BCUT2D eigenvalue weighted by molar-refractivity contribution is -0.137. The van der Waals surface area contributed by atoms with Gasteiger partial charge in [0.25, 0.3) is 0 Å². The standard InChI is InChI=1S/C22H32N4O/c27-22(20-8-2-1-3-9-20)26-12-6-7-19(18-26)17-24-13-15-25(16-14-24)21-10-4-5-11-23-21/h1-2,4-5,10-11,19-20H,3,6-9,12-18H2/t19-,20+/m1/s1. The molecule has 27 heavy (non-hydrogen) atoms. The Morgan fingerprint density at radius 2 is 1.96 bits per heavy atom. The fourth-order valence-corrected chi connectivity index (χ4v) is 4.76. The van der Waals surface area contributed by atoms with Crippen molar-refractivity contribution in [1.29, 1.82) is 0 Å². The fraction of sp³-hybridized carbons (Fsp3) is 0.636. The van der Waals surface area contributed by atoms with Crippen molar-refractivity contribution in [2.45, 2.75) is 32.1 Å². The van der Waals surface area contributed by atoms with E-state index in [1.54, 1.807) is 0 Å². The number of rotatable bonds is 4. The number of piperazine rings is 1. The Morgan fingerprint density at radius 3 is 2.70 bits per heavy atom. The van der Waals surface area contributed by atoms with Crippen LogP contribution in [0.15, 0.2) is 36.5 Å². The molecule has 1 aromatic rings. The minimum atomic E-state index is 0.232. The van der Waals surface area contributed by atoms with Crippen LogP contribution in [0, 0.1) is 11.8 Å². The fourth-order valence-electron chi connectivity index (χ4n) is 4.76. The van der Waals surface area contributed by atoms with Crippen LogP contribution < -0.4 is 4.90 Å². The summed E-state index contributed by atoms with van der Waals surface area (Å²) in [6.45, 7) is 7.32. The molecule has 3 heterocycles. The molecule has 5 nitrogen and oxygen atoms in total. The van der Waals surface area contributed by atoms with Crippen molar-refractivity contribution in [3.63, 3.8) is 0 Å². The van der Waals surface area contributed by atoms with E-state index >= 15 is 0 Å². The van der Waals surface area contributed by atoms with E-state index < -0.39 is 0 Å². The van der Waals surface area contributed by atoms with Gasteiger partial charge in [-0.1, -0.05) is 18.2 Å². The minimum Gasteiger partial charge on any atom is -0.354 e. The van der Waals surface area contributed by atoms with Gasteiger partial charge in [0.15, 0.2) is 0 Å². The van der Waals surface area contributed by atoms with E-state index in [1.807, 2.05) is 12.3 Å². The monoisotopic (exact) mass is 368 g/mol. The van der Waals surface area contributed by atoms with Gasteiger partial charge in [0, 0.05) is 57.9 Å². The highest BCUT2D eigenvalue weighted by Gasteiger charge is 2.30. The Kier molecular flexibility index (Phi) is 6.07. The van der Waals surface area contributed by atoms with Gasteiger partial charge >= 0.3 is 0 Å². The summed E-state index contributed by atoms with van der Waals surface area (Å²) in [4.78, 5) is 24.5. The predicted molar refractivity (Wildman–Crippen MR) is 109 cm³/mol. The van der Waals surface area contributed by atoms with Crippen molar-refractivity contribution >= 4 is 11.7 Å². The number of piperidine rings is 1. The van der Waals surface area contributed by atoms with E-state index in [4.69, 9.17) is 0 Å². The molecule has 3 aliphatic rings. The maximum Gasteiger partial charge on any atom is 0.226 e. The van der Waals surface area contributed by atoms with Crippen molar-refractivity contribution in [3.05, 3.63) is 36.5 Å². The van der Waals surface area contributed by atoms with Gasteiger partial charge in [-0.25, -0.2) is 4.98 Å². The lowest BCUT2D eigenvalue weighted by Crippen LogP contribution is -2.51. The number of carbonyl (C=O) groups is 1.